The molecule has 2 aromatic heterocycles. The lowest BCUT2D eigenvalue weighted by Crippen LogP contribution is -2.46. The minimum Gasteiger partial charge on any atom is -0.488 e. The monoisotopic (exact) mass is 722 g/mol. The lowest BCUT2D eigenvalue weighted by Gasteiger charge is -2.27. The van der Waals surface area contributed by atoms with E-state index in [9.17, 15) is 9.59 Å². The molecule has 6 aromatic rings. The second kappa shape index (κ2) is 13.4. The number of nitrogens with one attached hydrogen (secondary N) is 2. The lowest BCUT2D eigenvalue weighted by atomic mass is 9.92. The Morgan fingerprint density at radius 3 is 2.56 bits per heavy atom. The zero-order chi connectivity index (χ0) is 37.2. The third kappa shape index (κ3) is 5.82. The van der Waals surface area contributed by atoms with E-state index >= 15 is 0 Å². The van der Waals surface area contributed by atoms with Crippen molar-refractivity contribution >= 4 is 33.6 Å². The molecule has 276 valence electrons. The zero-order valence-electron chi connectivity index (χ0n) is 30.9. The van der Waals surface area contributed by atoms with Crippen LogP contribution in [-0.2, 0) is 16.2 Å². The maximum Gasteiger partial charge on any atom is 0.244 e. The van der Waals surface area contributed by atoms with Crippen LogP contribution in [0.3, 0.4) is 0 Å². The molecule has 0 bridgehead atoms. The molecule has 11 heteroatoms. The van der Waals surface area contributed by atoms with Gasteiger partial charge in [0, 0.05) is 24.0 Å². The second-order valence-electron chi connectivity index (χ2n) is 15.7. The van der Waals surface area contributed by atoms with E-state index in [1.54, 1.807) is 0 Å². The van der Waals surface area contributed by atoms with Gasteiger partial charge in [-0.2, -0.15) is 0 Å². The van der Waals surface area contributed by atoms with E-state index in [0.29, 0.717) is 25.6 Å². The molecule has 3 aliphatic rings. The van der Waals surface area contributed by atoms with Gasteiger partial charge in [0.05, 0.1) is 41.0 Å². The first-order valence-electron chi connectivity index (χ1n) is 19.1. The van der Waals surface area contributed by atoms with Crippen LogP contribution in [0.1, 0.15) is 80.9 Å². The summed E-state index contributed by atoms with van der Waals surface area (Å²) in [5, 5.41) is 2.06. The molecule has 5 atom stereocenters. The fraction of sp³-hybridized carbons (Fsp3) is 0.349. The van der Waals surface area contributed by atoms with Crippen LogP contribution in [-0.4, -0.2) is 60.7 Å². The second-order valence-corrected chi connectivity index (χ2v) is 15.7. The number of amides is 2. The number of benzene rings is 4. The molecule has 5 heterocycles. The van der Waals surface area contributed by atoms with E-state index < -0.39 is 12.1 Å². The predicted octanol–water partition coefficient (Wildman–Crippen LogP) is 6.92. The number of nitrogens with two attached hydrogens (primary N) is 2. The largest absolute Gasteiger partial charge is 0.488 e. The molecule has 0 unspecified atom stereocenters. The van der Waals surface area contributed by atoms with Crippen LogP contribution < -0.4 is 16.2 Å². The molecular weight excluding hydrogens is 677 g/mol. The Balaban J connectivity index is 0.981. The van der Waals surface area contributed by atoms with Crippen LogP contribution in [0.5, 0.6) is 5.75 Å². The van der Waals surface area contributed by atoms with Crippen LogP contribution >= 0.6 is 0 Å². The van der Waals surface area contributed by atoms with Crippen LogP contribution in [0.4, 0.5) is 0 Å². The number of likely N-dealkylation sites (tertiary alicyclic amines) is 2. The smallest absolute Gasteiger partial charge is 0.244 e. The van der Waals surface area contributed by atoms with Gasteiger partial charge in [-0.1, -0.05) is 69.3 Å². The van der Waals surface area contributed by atoms with Gasteiger partial charge in [0.15, 0.2) is 0 Å². The Kier molecular flexibility index (Phi) is 8.50. The number of fused-ring (bicyclic) bond motifs is 6. The Labute approximate surface area is 314 Å². The van der Waals surface area contributed by atoms with Gasteiger partial charge >= 0.3 is 0 Å². The number of aromatic nitrogens is 4. The third-order valence-electron chi connectivity index (χ3n) is 11.7. The molecule has 54 heavy (non-hydrogen) atoms. The van der Waals surface area contributed by atoms with Gasteiger partial charge in [-0.05, 0) is 83.0 Å². The number of carbonyl (C=O) groups is 2. The number of rotatable bonds is 7. The van der Waals surface area contributed by atoms with E-state index in [-0.39, 0.29) is 29.8 Å². The molecule has 3 aliphatic heterocycles. The Morgan fingerprint density at radius 1 is 0.907 bits per heavy atom. The molecule has 0 radical (unpaired) electrons. The topological polar surface area (TPSA) is 159 Å². The maximum atomic E-state index is 13.6. The van der Waals surface area contributed by atoms with Crippen LogP contribution in [0, 0.1) is 11.8 Å². The van der Waals surface area contributed by atoms with Crippen molar-refractivity contribution in [3.05, 3.63) is 102 Å². The van der Waals surface area contributed by atoms with Gasteiger partial charge in [0.1, 0.15) is 30.0 Å². The fourth-order valence-electron chi connectivity index (χ4n) is 8.61. The van der Waals surface area contributed by atoms with Crippen LogP contribution in [0.15, 0.2) is 79.0 Å². The van der Waals surface area contributed by atoms with E-state index in [0.717, 1.165) is 92.0 Å². The molecule has 2 saturated heterocycles. The van der Waals surface area contributed by atoms with Crippen LogP contribution in [0.2, 0.25) is 0 Å². The molecule has 0 saturated carbocycles. The number of carbonyl (C=O) groups excluding carboxylic acids is 2. The average Bonchev–Trinajstić information content (AvgIpc) is 4.02. The molecule has 0 aliphatic carbocycles. The van der Waals surface area contributed by atoms with E-state index in [2.05, 4.69) is 59.4 Å². The highest BCUT2D eigenvalue weighted by molar-refractivity contribution is 6.07. The van der Waals surface area contributed by atoms with Crippen molar-refractivity contribution in [3.63, 3.8) is 0 Å². The lowest BCUT2D eigenvalue weighted by molar-refractivity contribution is -0.135. The fourth-order valence-corrected chi connectivity index (χ4v) is 8.61. The minimum atomic E-state index is -0.713. The van der Waals surface area contributed by atoms with Gasteiger partial charge < -0.3 is 36.0 Å². The van der Waals surface area contributed by atoms with E-state index in [4.69, 9.17) is 26.2 Å². The summed E-state index contributed by atoms with van der Waals surface area (Å²) in [6, 6.07) is 22.9. The molecule has 6 N–H and O–H groups in total. The van der Waals surface area contributed by atoms with Gasteiger partial charge in [0.2, 0.25) is 11.8 Å². The molecule has 9 rings (SSSR count). The Bertz CT molecular complexity index is 2400. The molecule has 4 aromatic carbocycles. The van der Waals surface area contributed by atoms with Crippen molar-refractivity contribution in [3.8, 4) is 28.1 Å². The number of H-pyrrole nitrogens is 2. The average molecular weight is 723 g/mol. The highest BCUT2D eigenvalue weighted by Crippen LogP contribution is 2.43. The number of aromatic amines is 2. The number of imidazole rings is 2. The minimum absolute atomic E-state index is 0.0143. The zero-order valence-corrected chi connectivity index (χ0v) is 30.9. The highest BCUT2D eigenvalue weighted by atomic mass is 16.5. The number of nitrogens with zero attached hydrogens (tertiary/aromatic N) is 4. The van der Waals surface area contributed by atoms with Crippen molar-refractivity contribution in [2.45, 2.75) is 70.8 Å². The summed E-state index contributed by atoms with van der Waals surface area (Å²) in [5.74, 6) is 2.73. The summed E-state index contributed by atoms with van der Waals surface area (Å²) in [7, 11) is 0. The van der Waals surface area contributed by atoms with Crippen molar-refractivity contribution in [2.75, 3.05) is 13.1 Å². The summed E-state index contributed by atoms with van der Waals surface area (Å²) in [5.41, 5.74) is 20.5. The molecular formula is C43H46N8O3. The molecule has 11 nitrogen and oxygen atoms in total. The van der Waals surface area contributed by atoms with Gasteiger partial charge in [0.25, 0.3) is 0 Å². The predicted molar refractivity (Wildman–Crippen MR) is 209 cm³/mol. The van der Waals surface area contributed by atoms with Crippen LogP contribution in [0.25, 0.3) is 44.2 Å². The summed E-state index contributed by atoms with van der Waals surface area (Å²) in [4.78, 5) is 47.6. The maximum absolute atomic E-state index is 13.6. The normalized spacial score (nSPS) is 20.7. The number of ether oxygens (including phenoxy) is 1. The SMILES string of the molecule is CC(C)[C@H](N)C(=O)N1C[C@@H](C)C[C@H]1c1ncc(-c2ccc3c(c2)COc2cc4c(ccc5[nH]c([C@@H]6CCCN6C(=O)[C@H](N)c6ccccc6)nc54)cc2-3)[nH]1. The van der Waals surface area contributed by atoms with Crippen molar-refractivity contribution in [1.29, 1.82) is 0 Å². The Hall–Kier alpha value is -5.52. The van der Waals surface area contributed by atoms with Gasteiger partial charge in [-0.25, -0.2) is 9.97 Å². The summed E-state index contributed by atoms with van der Waals surface area (Å²) in [6.07, 6.45) is 4.43. The first-order valence-corrected chi connectivity index (χ1v) is 19.1. The first kappa shape index (κ1) is 34.3. The molecule has 2 amide bonds. The summed E-state index contributed by atoms with van der Waals surface area (Å²) in [6.45, 7) is 7.90. The highest BCUT2D eigenvalue weighted by Gasteiger charge is 2.39. The summed E-state index contributed by atoms with van der Waals surface area (Å²) < 4.78 is 6.42. The molecule has 0 spiro atoms. The molecule has 2 fully saturated rings. The number of hydrogen-bond donors (Lipinski definition) is 4. The third-order valence-corrected chi connectivity index (χ3v) is 11.7. The standard InChI is InChI=1S/C43H46N8O3/c1-23(2)37(44)42(52)51-21-24(3)16-35(51)40-46-20-33(48-40)27-11-13-29-28(17-27)22-54-36-19-30-26(18-31(29)36)12-14-32-39(30)49-41(47-32)34-10-7-15-50(34)43(53)38(45)25-8-5-4-6-9-25/h4-6,8-9,11-14,17-20,23-24,34-35,37-38H,7,10,15-16,21-22,44-45H2,1-3H3,(H,46,48)(H,47,49)/t24-,34-,35-,37-,38+/m0/s1. The van der Waals surface area contributed by atoms with E-state index in [1.165, 1.54) is 0 Å². The van der Waals surface area contributed by atoms with Crippen molar-refractivity contribution in [1.82, 2.24) is 29.7 Å². The van der Waals surface area contributed by atoms with Gasteiger partial charge in [-0.3, -0.25) is 9.59 Å². The van der Waals surface area contributed by atoms with Gasteiger partial charge in [-0.15, -0.1) is 0 Å². The quantitative estimate of drug-likeness (QED) is 0.139. The summed E-state index contributed by atoms with van der Waals surface area (Å²) >= 11 is 0. The Morgan fingerprint density at radius 2 is 1.74 bits per heavy atom. The first-order chi connectivity index (χ1) is 26.1. The van der Waals surface area contributed by atoms with Crippen molar-refractivity contribution < 1.29 is 14.3 Å². The number of hydrogen-bond acceptors (Lipinski definition) is 7. The van der Waals surface area contributed by atoms with E-state index in [1.807, 2.05) is 60.2 Å². The van der Waals surface area contributed by atoms with Crippen molar-refractivity contribution in [2.24, 2.45) is 23.3 Å².